The molecule has 4 N–H and O–H groups in total. The Morgan fingerprint density at radius 3 is 2.82 bits per heavy atom. The molecule has 0 aliphatic heterocycles. The molecule has 0 saturated heterocycles. The van der Waals surface area contributed by atoms with Crippen molar-refractivity contribution in [2.45, 2.75) is 6.42 Å². The van der Waals surface area contributed by atoms with Crippen molar-refractivity contribution in [3.8, 4) is 5.75 Å². The molecule has 1 heterocycles. The van der Waals surface area contributed by atoms with Crippen molar-refractivity contribution in [3.63, 3.8) is 0 Å². The van der Waals surface area contributed by atoms with Gasteiger partial charge in [0, 0.05) is 29.2 Å². The van der Waals surface area contributed by atoms with Gasteiger partial charge in [-0.2, -0.15) is 0 Å². The van der Waals surface area contributed by atoms with Gasteiger partial charge in [0.25, 0.3) is 5.91 Å². The maximum atomic E-state index is 13.5. The summed E-state index contributed by atoms with van der Waals surface area (Å²) in [6, 6.07) is 7.02. The fourth-order valence-corrected chi connectivity index (χ4v) is 2.92. The maximum absolute atomic E-state index is 13.5. The average molecular weight is 402 g/mol. The number of fused-ring (bicyclic) bond motifs is 1. The van der Waals surface area contributed by atoms with Gasteiger partial charge in [0.1, 0.15) is 11.6 Å². The summed E-state index contributed by atoms with van der Waals surface area (Å²) in [5.41, 5.74) is 1.92. The number of carbonyl (C=O) groups excluding carboxylic acids is 2. The second-order valence-electron chi connectivity index (χ2n) is 6.06. The molecule has 0 spiro atoms. The first-order valence-corrected chi connectivity index (χ1v) is 8.76. The molecule has 0 saturated carbocycles. The number of aromatic hydroxyl groups is 1. The van der Waals surface area contributed by atoms with Crippen LogP contribution in [0.5, 0.6) is 5.75 Å². The predicted molar refractivity (Wildman–Crippen MR) is 106 cm³/mol. The van der Waals surface area contributed by atoms with Gasteiger partial charge in [-0.15, -0.1) is 0 Å². The van der Waals surface area contributed by atoms with E-state index in [-0.39, 0.29) is 27.9 Å². The fraction of sp³-hybridized carbons (Fsp3) is 0.100. The first-order valence-electron chi connectivity index (χ1n) is 8.38. The number of H-pyrrole nitrogens is 1. The lowest BCUT2D eigenvalue weighted by Gasteiger charge is -2.09. The molecule has 0 atom stereocenters. The van der Waals surface area contributed by atoms with Crippen LogP contribution >= 0.6 is 11.6 Å². The number of anilines is 1. The van der Waals surface area contributed by atoms with Gasteiger partial charge in [-0.25, -0.2) is 4.39 Å². The van der Waals surface area contributed by atoms with Gasteiger partial charge in [0.05, 0.1) is 10.7 Å². The first-order chi connectivity index (χ1) is 13.4. The van der Waals surface area contributed by atoms with Crippen molar-refractivity contribution in [2.24, 2.45) is 0 Å². The minimum Gasteiger partial charge on any atom is -0.506 e. The molecule has 144 valence electrons. The van der Waals surface area contributed by atoms with Gasteiger partial charge in [-0.3, -0.25) is 9.59 Å². The van der Waals surface area contributed by atoms with Crippen LogP contribution in [0, 0.1) is 5.82 Å². The number of rotatable bonds is 6. The Labute approximate surface area is 165 Å². The summed E-state index contributed by atoms with van der Waals surface area (Å²) < 4.78 is 13.5. The summed E-state index contributed by atoms with van der Waals surface area (Å²) in [7, 11) is 0. The van der Waals surface area contributed by atoms with E-state index in [4.69, 9.17) is 11.6 Å². The van der Waals surface area contributed by atoms with Crippen LogP contribution in [0.1, 0.15) is 15.9 Å². The fourth-order valence-electron chi connectivity index (χ4n) is 2.76. The van der Waals surface area contributed by atoms with E-state index >= 15 is 0 Å². The van der Waals surface area contributed by atoms with Gasteiger partial charge >= 0.3 is 0 Å². The van der Waals surface area contributed by atoms with Gasteiger partial charge in [-0.1, -0.05) is 18.2 Å². The second-order valence-corrected chi connectivity index (χ2v) is 6.46. The van der Waals surface area contributed by atoms with Crippen LogP contribution in [0.4, 0.5) is 10.1 Å². The first kappa shape index (κ1) is 19.4. The largest absolute Gasteiger partial charge is 0.506 e. The molecular formula is C20H17ClFN3O3. The zero-order valence-corrected chi connectivity index (χ0v) is 15.4. The number of hydrogen-bond donors (Lipinski definition) is 4. The number of aromatic amines is 1. The number of benzene rings is 2. The topological polar surface area (TPSA) is 94.2 Å². The molecule has 0 radical (unpaired) electrons. The van der Waals surface area contributed by atoms with Crippen LogP contribution in [-0.4, -0.2) is 28.4 Å². The third-order valence-electron chi connectivity index (χ3n) is 4.19. The van der Waals surface area contributed by atoms with Crippen molar-refractivity contribution < 1.29 is 19.1 Å². The highest BCUT2D eigenvalue weighted by Gasteiger charge is 2.12. The smallest absolute Gasteiger partial charge is 0.251 e. The third-order valence-corrected chi connectivity index (χ3v) is 4.48. The van der Waals surface area contributed by atoms with E-state index < -0.39 is 11.7 Å². The van der Waals surface area contributed by atoms with Crippen LogP contribution in [-0.2, 0) is 11.2 Å². The Balaban J connectivity index is 1.66. The van der Waals surface area contributed by atoms with E-state index in [0.29, 0.717) is 18.5 Å². The minimum absolute atomic E-state index is 0.0376. The number of halogens is 2. The van der Waals surface area contributed by atoms with Gasteiger partial charge in [-0.05, 0) is 48.4 Å². The highest BCUT2D eigenvalue weighted by atomic mass is 35.5. The lowest BCUT2D eigenvalue weighted by atomic mass is 10.1. The van der Waals surface area contributed by atoms with Crippen molar-refractivity contribution in [1.29, 1.82) is 0 Å². The molecule has 3 aromatic rings. The van der Waals surface area contributed by atoms with Crippen molar-refractivity contribution in [2.75, 3.05) is 11.9 Å². The molecule has 28 heavy (non-hydrogen) atoms. The normalized spacial score (nSPS) is 10.6. The molecule has 0 aliphatic rings. The van der Waals surface area contributed by atoms with E-state index in [2.05, 4.69) is 22.2 Å². The number of phenols is 1. The molecule has 3 rings (SSSR count). The molecular weight excluding hydrogens is 385 g/mol. The summed E-state index contributed by atoms with van der Waals surface area (Å²) in [4.78, 5) is 26.7. The molecule has 8 heteroatoms. The molecule has 6 nitrogen and oxygen atoms in total. The van der Waals surface area contributed by atoms with Crippen molar-refractivity contribution >= 4 is 40.0 Å². The summed E-state index contributed by atoms with van der Waals surface area (Å²) in [6.07, 6.45) is 3.31. The lowest BCUT2D eigenvalue weighted by molar-refractivity contribution is -0.111. The number of amides is 2. The highest BCUT2D eigenvalue weighted by molar-refractivity contribution is 6.31. The summed E-state index contributed by atoms with van der Waals surface area (Å²) >= 11 is 5.84. The SMILES string of the molecule is C=CC(=O)Nc1cc(C(=O)NCCc2c[nH]c3cc(F)c(Cl)cc23)ccc1O. The predicted octanol–water partition coefficient (Wildman–Crippen LogP) is 3.76. The average Bonchev–Trinajstić information content (AvgIpc) is 3.05. The zero-order chi connectivity index (χ0) is 20.3. The molecule has 0 bridgehead atoms. The van der Waals surface area contributed by atoms with Crippen LogP contribution in [0.25, 0.3) is 10.9 Å². The van der Waals surface area contributed by atoms with Crippen molar-refractivity contribution in [1.82, 2.24) is 10.3 Å². The number of hydrogen-bond acceptors (Lipinski definition) is 3. The maximum Gasteiger partial charge on any atom is 0.251 e. The molecule has 0 aliphatic carbocycles. The lowest BCUT2D eigenvalue weighted by Crippen LogP contribution is -2.25. The van der Waals surface area contributed by atoms with E-state index in [1.165, 1.54) is 24.3 Å². The van der Waals surface area contributed by atoms with Crippen LogP contribution < -0.4 is 10.6 Å². The number of nitrogens with one attached hydrogen (secondary N) is 3. The molecule has 1 aromatic heterocycles. The number of carbonyl (C=O) groups is 2. The molecule has 0 unspecified atom stereocenters. The summed E-state index contributed by atoms with van der Waals surface area (Å²) in [6.45, 7) is 3.67. The van der Waals surface area contributed by atoms with E-state index in [0.717, 1.165) is 17.0 Å². The Bertz CT molecular complexity index is 1080. The van der Waals surface area contributed by atoms with E-state index in [1.807, 2.05) is 0 Å². The Kier molecular flexibility index (Phi) is 5.65. The Morgan fingerprint density at radius 2 is 2.07 bits per heavy atom. The molecule has 0 fully saturated rings. The standard InChI is InChI=1S/C20H17ClFN3O3/c1-2-19(27)25-17-7-11(3-4-18(17)26)20(28)23-6-5-12-10-24-16-9-15(22)14(21)8-13(12)16/h2-4,7-10,24,26H,1,5-6H2,(H,23,28)(H,25,27). The number of phenolic OH excluding ortho intramolecular Hbond substituents is 1. The third kappa shape index (κ3) is 4.15. The summed E-state index contributed by atoms with van der Waals surface area (Å²) in [5, 5.41) is 15.8. The summed E-state index contributed by atoms with van der Waals surface area (Å²) in [5.74, 6) is -1.52. The quantitative estimate of drug-likeness (QED) is 0.374. The number of aromatic nitrogens is 1. The molecule has 2 amide bonds. The zero-order valence-electron chi connectivity index (χ0n) is 14.7. The monoisotopic (exact) mass is 401 g/mol. The Morgan fingerprint density at radius 1 is 1.29 bits per heavy atom. The molecule has 2 aromatic carbocycles. The minimum atomic E-state index is -0.498. The van der Waals surface area contributed by atoms with Crippen LogP contribution in [0.15, 0.2) is 49.2 Å². The van der Waals surface area contributed by atoms with Crippen LogP contribution in [0.2, 0.25) is 5.02 Å². The Hall–Kier alpha value is -3.32. The second kappa shape index (κ2) is 8.14. The van der Waals surface area contributed by atoms with Gasteiger partial charge < -0.3 is 20.7 Å². The van der Waals surface area contributed by atoms with Gasteiger partial charge in [0.2, 0.25) is 5.91 Å². The highest BCUT2D eigenvalue weighted by Crippen LogP contribution is 2.26. The van der Waals surface area contributed by atoms with E-state index in [1.54, 1.807) is 12.3 Å². The van der Waals surface area contributed by atoms with E-state index in [9.17, 15) is 19.1 Å². The van der Waals surface area contributed by atoms with Gasteiger partial charge in [0.15, 0.2) is 0 Å². The van der Waals surface area contributed by atoms with Crippen molar-refractivity contribution in [3.05, 3.63) is 71.2 Å². The van der Waals surface area contributed by atoms with Crippen LogP contribution in [0.3, 0.4) is 0 Å².